The molecule has 1 heterocycles. The average molecular weight is 426 g/mol. The van der Waals surface area contributed by atoms with Crippen molar-refractivity contribution in [1.82, 2.24) is 9.78 Å². The van der Waals surface area contributed by atoms with Gasteiger partial charge < -0.3 is 14.4 Å². The van der Waals surface area contributed by atoms with Gasteiger partial charge in [0.15, 0.2) is 11.4 Å². The van der Waals surface area contributed by atoms with Gasteiger partial charge in [0, 0.05) is 18.2 Å². The Labute approximate surface area is 170 Å². The van der Waals surface area contributed by atoms with Gasteiger partial charge in [0.05, 0.1) is 12.8 Å². The molecule has 0 aliphatic heterocycles. The number of carbonyl (C=O) groups is 1. The fourth-order valence-corrected chi connectivity index (χ4v) is 2.68. The van der Waals surface area contributed by atoms with Gasteiger partial charge in [-0.25, -0.2) is 4.79 Å². The molecule has 0 saturated carbocycles. The zero-order chi connectivity index (χ0) is 22.5. The van der Waals surface area contributed by atoms with Crippen LogP contribution in [0.3, 0.4) is 0 Å². The highest BCUT2D eigenvalue weighted by Gasteiger charge is 2.34. The molecule has 8 nitrogen and oxygen atoms in total. The maximum Gasteiger partial charge on any atom is 0.435 e. The van der Waals surface area contributed by atoms with Gasteiger partial charge in [-0.05, 0) is 25.5 Å². The molecule has 0 unspecified atom stereocenters. The second-order valence-electron chi connectivity index (χ2n) is 6.20. The topological polar surface area (TPSA) is 87.3 Å². The lowest BCUT2D eigenvalue weighted by Crippen LogP contribution is -2.20. The van der Waals surface area contributed by atoms with E-state index >= 15 is 0 Å². The maximum absolute atomic E-state index is 12.8. The Hall–Kier alpha value is -3.37. The number of hydrogen-bond acceptors (Lipinski definition) is 7. The molecule has 0 N–H and O–H groups in total. The number of aromatic nitrogens is 2. The summed E-state index contributed by atoms with van der Waals surface area (Å²) in [6.07, 6.45) is -4.56. The standard InChI is InChI=1S/C19H21F3N4O4/c1-11-7-6-8-13(17(25-29-5)18(27)28-4)14(11)10-30-24-12(2)15-9-16(19(20,21)22)23-26(15)3/h6-9H,10H2,1-5H3/b24-12+,25-17+. The van der Waals surface area contributed by atoms with E-state index in [0.29, 0.717) is 11.1 Å². The van der Waals surface area contributed by atoms with Gasteiger partial charge in [-0.3, -0.25) is 4.68 Å². The molecule has 0 saturated heterocycles. The van der Waals surface area contributed by atoms with Crippen LogP contribution in [0.25, 0.3) is 0 Å². The van der Waals surface area contributed by atoms with Crippen molar-refractivity contribution in [2.75, 3.05) is 14.2 Å². The molecule has 1 aromatic heterocycles. The van der Waals surface area contributed by atoms with E-state index in [0.717, 1.165) is 16.3 Å². The first kappa shape index (κ1) is 22.9. The first-order valence-electron chi connectivity index (χ1n) is 8.66. The molecule has 30 heavy (non-hydrogen) atoms. The van der Waals surface area contributed by atoms with E-state index in [1.165, 1.54) is 28.2 Å². The summed E-state index contributed by atoms with van der Waals surface area (Å²) in [6, 6.07) is 6.07. The van der Waals surface area contributed by atoms with Crippen molar-refractivity contribution in [3.63, 3.8) is 0 Å². The SMILES string of the molecule is CO/N=C(/C(=O)OC)c1cccc(C)c1CO/N=C(\C)c1cc(C(F)(F)F)nn1C. The molecule has 0 atom stereocenters. The average Bonchev–Trinajstić information content (AvgIpc) is 3.09. The summed E-state index contributed by atoms with van der Waals surface area (Å²) in [5.41, 5.74) is 1.09. The van der Waals surface area contributed by atoms with Gasteiger partial charge in [0.25, 0.3) is 0 Å². The molecule has 1 aromatic carbocycles. The number of hydrogen-bond donors (Lipinski definition) is 0. The summed E-state index contributed by atoms with van der Waals surface area (Å²) in [4.78, 5) is 22.2. The van der Waals surface area contributed by atoms with Crippen LogP contribution in [0, 0.1) is 6.92 Å². The molecule has 2 rings (SSSR count). The lowest BCUT2D eigenvalue weighted by molar-refractivity contribution is -0.141. The van der Waals surface area contributed by atoms with E-state index in [2.05, 4.69) is 15.4 Å². The lowest BCUT2D eigenvalue weighted by Gasteiger charge is -2.12. The third kappa shape index (κ3) is 5.16. The molecule has 0 bridgehead atoms. The third-order valence-corrected chi connectivity index (χ3v) is 4.18. The first-order valence-corrected chi connectivity index (χ1v) is 8.66. The zero-order valence-electron chi connectivity index (χ0n) is 17.1. The minimum absolute atomic E-state index is 0.0514. The van der Waals surface area contributed by atoms with E-state index in [1.54, 1.807) is 25.1 Å². The molecule has 0 fully saturated rings. The summed E-state index contributed by atoms with van der Waals surface area (Å²) in [5, 5.41) is 11.1. The summed E-state index contributed by atoms with van der Waals surface area (Å²) in [6.45, 7) is 3.24. The van der Waals surface area contributed by atoms with Crippen molar-refractivity contribution >= 4 is 17.4 Å². The van der Waals surface area contributed by atoms with Crippen molar-refractivity contribution in [1.29, 1.82) is 0 Å². The molecule has 11 heteroatoms. The van der Waals surface area contributed by atoms with Crippen LogP contribution in [0.2, 0.25) is 0 Å². The van der Waals surface area contributed by atoms with Crippen LogP contribution < -0.4 is 0 Å². The van der Waals surface area contributed by atoms with Crippen molar-refractivity contribution in [3.05, 3.63) is 52.3 Å². The number of halogens is 3. The van der Waals surface area contributed by atoms with Crippen LogP contribution >= 0.6 is 0 Å². The number of nitrogens with zero attached hydrogens (tertiary/aromatic N) is 4. The number of esters is 1. The molecule has 0 aliphatic rings. The van der Waals surface area contributed by atoms with E-state index in [9.17, 15) is 18.0 Å². The largest absolute Gasteiger partial charge is 0.464 e. The highest BCUT2D eigenvalue weighted by Crippen LogP contribution is 2.28. The molecular weight excluding hydrogens is 405 g/mol. The number of ether oxygens (including phenoxy) is 1. The lowest BCUT2D eigenvalue weighted by atomic mass is 9.99. The first-order chi connectivity index (χ1) is 14.1. The van der Waals surface area contributed by atoms with Gasteiger partial charge in [0.1, 0.15) is 19.4 Å². The van der Waals surface area contributed by atoms with Crippen molar-refractivity contribution in [3.8, 4) is 0 Å². The monoisotopic (exact) mass is 426 g/mol. The summed E-state index contributed by atoms with van der Waals surface area (Å²) in [7, 11) is 3.90. The van der Waals surface area contributed by atoms with Crippen LogP contribution in [0.1, 0.15) is 35.0 Å². The minimum Gasteiger partial charge on any atom is -0.464 e. The quantitative estimate of drug-likeness (QED) is 0.386. The van der Waals surface area contributed by atoms with Gasteiger partial charge >= 0.3 is 12.1 Å². The van der Waals surface area contributed by atoms with Crippen molar-refractivity contribution in [2.24, 2.45) is 17.4 Å². The number of alkyl halides is 3. The Morgan fingerprint density at radius 3 is 2.50 bits per heavy atom. The van der Waals surface area contributed by atoms with Gasteiger partial charge in [-0.15, -0.1) is 0 Å². The third-order valence-electron chi connectivity index (χ3n) is 4.18. The smallest absolute Gasteiger partial charge is 0.435 e. The van der Waals surface area contributed by atoms with Gasteiger partial charge in [-0.1, -0.05) is 28.5 Å². The Morgan fingerprint density at radius 1 is 1.23 bits per heavy atom. The Balaban J connectivity index is 2.29. The van der Waals surface area contributed by atoms with Crippen molar-refractivity contribution in [2.45, 2.75) is 26.6 Å². The molecular formula is C19H21F3N4O4. The summed E-state index contributed by atoms with van der Waals surface area (Å²) in [5.74, 6) is -0.696. The Bertz CT molecular complexity index is 981. The Kier molecular flexibility index (Phi) is 7.19. The highest BCUT2D eigenvalue weighted by molar-refractivity contribution is 6.43. The maximum atomic E-state index is 12.8. The van der Waals surface area contributed by atoms with Gasteiger partial charge in [-0.2, -0.15) is 18.3 Å². The highest BCUT2D eigenvalue weighted by atomic mass is 19.4. The number of benzene rings is 1. The number of rotatable bonds is 7. The molecule has 0 amide bonds. The number of oxime groups is 2. The van der Waals surface area contributed by atoms with E-state index < -0.39 is 17.8 Å². The van der Waals surface area contributed by atoms with Crippen molar-refractivity contribution < 1.29 is 32.4 Å². The van der Waals surface area contributed by atoms with E-state index in [4.69, 9.17) is 14.4 Å². The predicted octanol–water partition coefficient (Wildman–Crippen LogP) is 3.21. The molecule has 0 aliphatic carbocycles. The summed E-state index contributed by atoms with van der Waals surface area (Å²) >= 11 is 0. The van der Waals surface area contributed by atoms with Crippen LogP contribution in [-0.4, -0.2) is 41.4 Å². The predicted molar refractivity (Wildman–Crippen MR) is 102 cm³/mol. The number of methoxy groups -OCH3 is 1. The van der Waals surface area contributed by atoms with E-state index in [1.807, 2.05) is 0 Å². The molecule has 0 spiro atoms. The number of carbonyl (C=O) groups excluding carboxylic acids is 1. The molecule has 162 valence electrons. The second kappa shape index (κ2) is 9.42. The van der Waals surface area contributed by atoms with Gasteiger partial charge in [0.2, 0.25) is 0 Å². The fourth-order valence-electron chi connectivity index (χ4n) is 2.68. The van der Waals surface area contributed by atoms with Crippen LogP contribution in [0.5, 0.6) is 0 Å². The minimum atomic E-state index is -4.56. The van der Waals surface area contributed by atoms with Crippen LogP contribution in [0.15, 0.2) is 34.6 Å². The molecule has 0 radical (unpaired) electrons. The van der Waals surface area contributed by atoms with Crippen LogP contribution in [-0.2, 0) is 39.0 Å². The molecule has 2 aromatic rings. The Morgan fingerprint density at radius 2 is 1.93 bits per heavy atom. The number of aryl methyl sites for hydroxylation is 2. The second-order valence-corrected chi connectivity index (χ2v) is 6.20. The summed E-state index contributed by atoms with van der Waals surface area (Å²) < 4.78 is 44.3. The zero-order valence-corrected chi connectivity index (χ0v) is 17.1. The van der Waals surface area contributed by atoms with E-state index in [-0.39, 0.29) is 23.7 Å². The fraction of sp³-hybridized carbons (Fsp3) is 0.368. The van der Waals surface area contributed by atoms with Crippen LogP contribution in [0.4, 0.5) is 13.2 Å². The normalized spacial score (nSPS) is 12.7.